The van der Waals surface area contributed by atoms with Gasteiger partial charge in [0.05, 0.1) is 0 Å². The first kappa shape index (κ1) is 19.9. The Morgan fingerprint density at radius 2 is 1.86 bits per heavy atom. The molecule has 0 amide bonds. The molecule has 0 bridgehead atoms. The van der Waals surface area contributed by atoms with Crippen LogP contribution in [0.2, 0.25) is 0 Å². The van der Waals surface area contributed by atoms with E-state index in [0.717, 1.165) is 16.3 Å². The van der Waals surface area contributed by atoms with Crippen molar-refractivity contribution in [3.05, 3.63) is 66.2 Å². The van der Waals surface area contributed by atoms with E-state index in [2.05, 4.69) is 15.0 Å². The number of pyridine rings is 1. The highest BCUT2D eigenvalue weighted by Crippen LogP contribution is 2.23. The number of aromatic nitrogens is 1. The van der Waals surface area contributed by atoms with Crippen LogP contribution in [-0.2, 0) is 6.54 Å². The van der Waals surface area contributed by atoms with Crippen molar-refractivity contribution in [2.45, 2.75) is 38.5 Å². The summed E-state index contributed by atoms with van der Waals surface area (Å²) in [6, 6.07) is 10.9. The maximum absolute atomic E-state index is 13.8. The molecule has 2 aromatic carbocycles. The summed E-state index contributed by atoms with van der Waals surface area (Å²) in [5.74, 6) is -0.0695. The van der Waals surface area contributed by atoms with Crippen LogP contribution in [0.1, 0.15) is 24.8 Å². The van der Waals surface area contributed by atoms with Crippen molar-refractivity contribution in [2.75, 3.05) is 0 Å². The molecule has 1 aliphatic carbocycles. The third-order valence-corrected chi connectivity index (χ3v) is 4.61. The minimum Gasteiger partial charge on any atom is -0.508 e. The summed E-state index contributed by atoms with van der Waals surface area (Å²) in [5, 5.41) is 14.1. The molecule has 0 spiro atoms. The zero-order valence-corrected chi connectivity index (χ0v) is 15.1. The molecule has 2 N–H and O–H groups in total. The lowest BCUT2D eigenvalue weighted by molar-refractivity contribution is -0.0498. The van der Waals surface area contributed by atoms with Gasteiger partial charge in [-0.25, -0.2) is 4.39 Å². The van der Waals surface area contributed by atoms with Crippen molar-refractivity contribution in [2.24, 2.45) is 0 Å². The minimum atomic E-state index is -2.82. The first-order valence-electron chi connectivity index (χ1n) is 9.01. The fourth-order valence-corrected chi connectivity index (χ4v) is 2.87. The number of alkyl halides is 2. The largest absolute Gasteiger partial charge is 0.508 e. The van der Waals surface area contributed by atoms with Crippen molar-refractivity contribution in [1.29, 1.82) is 0 Å². The van der Waals surface area contributed by atoms with Crippen LogP contribution >= 0.6 is 0 Å². The van der Waals surface area contributed by atoms with Crippen LogP contribution in [0.15, 0.2) is 54.9 Å². The molecule has 148 valence electrons. The number of nitrogens with one attached hydrogen (secondary N) is 1. The summed E-state index contributed by atoms with van der Waals surface area (Å²) in [7, 11) is 0. The second kappa shape index (κ2) is 9.41. The second-order valence-electron chi connectivity index (χ2n) is 6.50. The molecule has 1 heterocycles. The van der Waals surface area contributed by atoms with Gasteiger partial charge in [0.1, 0.15) is 17.3 Å². The Hall–Kier alpha value is -2.80. The number of halogens is 3. The van der Waals surface area contributed by atoms with Crippen LogP contribution in [-0.4, -0.2) is 22.7 Å². The zero-order chi connectivity index (χ0) is 19.9. The van der Waals surface area contributed by atoms with Crippen LogP contribution in [0.5, 0.6) is 11.5 Å². The molecule has 1 aromatic heterocycles. The Kier molecular flexibility index (Phi) is 6.71. The van der Waals surface area contributed by atoms with Crippen LogP contribution in [0.4, 0.5) is 13.2 Å². The third-order valence-electron chi connectivity index (χ3n) is 4.61. The van der Waals surface area contributed by atoms with E-state index >= 15 is 0 Å². The number of phenolic OH excluding ortho intramolecular Hbond substituents is 1. The van der Waals surface area contributed by atoms with E-state index in [0.29, 0.717) is 12.6 Å². The van der Waals surface area contributed by atoms with Gasteiger partial charge in [-0.1, -0.05) is 6.42 Å². The molecule has 0 radical (unpaired) electrons. The van der Waals surface area contributed by atoms with Gasteiger partial charge in [-0.05, 0) is 60.7 Å². The van der Waals surface area contributed by atoms with Crippen molar-refractivity contribution in [1.82, 2.24) is 10.3 Å². The van der Waals surface area contributed by atoms with E-state index < -0.39 is 6.61 Å². The highest BCUT2D eigenvalue weighted by molar-refractivity contribution is 5.84. The minimum absolute atomic E-state index is 0.0200. The predicted molar refractivity (Wildman–Crippen MR) is 101 cm³/mol. The van der Waals surface area contributed by atoms with Crippen LogP contribution in [0.3, 0.4) is 0 Å². The monoisotopic (exact) mass is 390 g/mol. The topological polar surface area (TPSA) is 54.4 Å². The van der Waals surface area contributed by atoms with E-state index in [4.69, 9.17) is 5.11 Å². The molecule has 0 atom stereocenters. The smallest absolute Gasteiger partial charge is 0.387 e. The number of ether oxygens (including phenoxy) is 1. The number of nitrogens with zero attached hydrogens (tertiary/aromatic N) is 1. The van der Waals surface area contributed by atoms with Gasteiger partial charge in [0.25, 0.3) is 0 Å². The summed E-state index contributed by atoms with van der Waals surface area (Å²) < 4.78 is 40.9. The molecular weight excluding hydrogens is 369 g/mol. The van der Waals surface area contributed by atoms with Gasteiger partial charge < -0.3 is 15.2 Å². The fraction of sp³-hybridized carbons (Fsp3) is 0.286. The van der Waals surface area contributed by atoms with Crippen LogP contribution < -0.4 is 10.1 Å². The lowest BCUT2D eigenvalue weighted by Crippen LogP contribution is -2.34. The molecule has 28 heavy (non-hydrogen) atoms. The molecule has 4 rings (SSSR count). The Bertz CT molecular complexity index is 900. The number of hydrogen-bond donors (Lipinski definition) is 2. The molecule has 1 saturated carbocycles. The second-order valence-corrected chi connectivity index (χ2v) is 6.50. The van der Waals surface area contributed by atoms with Crippen molar-refractivity contribution in [3.63, 3.8) is 0 Å². The van der Waals surface area contributed by atoms with Gasteiger partial charge >= 0.3 is 6.61 Å². The maximum Gasteiger partial charge on any atom is 0.387 e. The summed E-state index contributed by atoms with van der Waals surface area (Å²) in [6.07, 6.45) is 7.22. The van der Waals surface area contributed by atoms with Gasteiger partial charge in [-0.2, -0.15) is 8.78 Å². The lowest BCUT2D eigenvalue weighted by Gasteiger charge is -2.26. The lowest BCUT2D eigenvalue weighted by atomic mass is 9.93. The molecule has 0 saturated heterocycles. The molecule has 0 unspecified atom stereocenters. The van der Waals surface area contributed by atoms with E-state index in [1.54, 1.807) is 18.5 Å². The van der Waals surface area contributed by atoms with E-state index in [1.165, 1.54) is 49.6 Å². The number of aromatic hydroxyl groups is 1. The SMILES string of the molecule is Fc1ccc2cnccc2c1CNC1CCC1.Oc1ccc(OC(F)F)cc1. The molecule has 1 aliphatic rings. The standard InChI is InChI=1S/C14H15FN2.C7H6F2O2/c15-14-5-4-10-8-16-7-6-12(10)13(14)9-17-11-2-1-3-11;8-7(9)11-6-3-1-5(10)2-4-6/h4-8,11,17H,1-3,9H2;1-4,7,10H. The third kappa shape index (κ3) is 5.36. The summed E-state index contributed by atoms with van der Waals surface area (Å²) in [4.78, 5) is 4.06. The van der Waals surface area contributed by atoms with Gasteiger partial charge in [-0.15, -0.1) is 0 Å². The average Bonchev–Trinajstić information content (AvgIpc) is 2.64. The molecule has 0 aliphatic heterocycles. The zero-order valence-electron chi connectivity index (χ0n) is 15.1. The number of phenols is 1. The quantitative estimate of drug-likeness (QED) is 0.643. The van der Waals surface area contributed by atoms with Crippen LogP contribution in [0.25, 0.3) is 10.8 Å². The fourth-order valence-electron chi connectivity index (χ4n) is 2.87. The van der Waals surface area contributed by atoms with E-state index in [1.807, 2.05) is 6.07 Å². The Morgan fingerprint density at radius 3 is 2.50 bits per heavy atom. The highest BCUT2D eigenvalue weighted by atomic mass is 19.3. The maximum atomic E-state index is 13.8. The predicted octanol–water partition coefficient (Wildman–Crippen LogP) is 5.01. The molecule has 3 aromatic rings. The average molecular weight is 390 g/mol. The van der Waals surface area contributed by atoms with Gasteiger partial charge in [-0.3, -0.25) is 4.98 Å². The molecule has 1 fully saturated rings. The van der Waals surface area contributed by atoms with Crippen molar-refractivity contribution in [3.8, 4) is 11.5 Å². The molecule has 4 nitrogen and oxygen atoms in total. The summed E-state index contributed by atoms with van der Waals surface area (Å²) >= 11 is 0. The first-order chi connectivity index (χ1) is 13.5. The number of rotatable bonds is 5. The Morgan fingerprint density at radius 1 is 1.11 bits per heavy atom. The number of hydrogen-bond acceptors (Lipinski definition) is 4. The van der Waals surface area contributed by atoms with Gasteiger partial charge in [0, 0.05) is 35.9 Å². The Labute approximate surface area is 161 Å². The van der Waals surface area contributed by atoms with Crippen molar-refractivity contribution < 1.29 is 23.0 Å². The molecular formula is C21H21F3N2O2. The van der Waals surface area contributed by atoms with Crippen LogP contribution in [0, 0.1) is 5.82 Å². The van der Waals surface area contributed by atoms with E-state index in [-0.39, 0.29) is 17.3 Å². The first-order valence-corrected chi connectivity index (χ1v) is 9.01. The van der Waals surface area contributed by atoms with E-state index in [9.17, 15) is 13.2 Å². The Balaban J connectivity index is 0.000000178. The normalized spacial score (nSPS) is 13.7. The number of benzene rings is 2. The summed E-state index contributed by atoms with van der Waals surface area (Å²) in [6.45, 7) is -2.21. The molecule has 7 heteroatoms. The van der Waals surface area contributed by atoms with Gasteiger partial charge in [0.2, 0.25) is 0 Å². The highest BCUT2D eigenvalue weighted by Gasteiger charge is 2.17. The number of fused-ring (bicyclic) bond motifs is 1. The van der Waals surface area contributed by atoms with Gasteiger partial charge in [0.15, 0.2) is 0 Å². The summed E-state index contributed by atoms with van der Waals surface area (Å²) in [5.41, 5.74) is 0.761. The van der Waals surface area contributed by atoms with Crippen molar-refractivity contribution >= 4 is 10.8 Å².